The first-order valence-corrected chi connectivity index (χ1v) is 17.9. The first-order valence-electron chi connectivity index (χ1n) is 17.9. The van der Waals surface area contributed by atoms with Crippen molar-refractivity contribution in [3.63, 3.8) is 0 Å². The molecule has 0 aliphatic carbocycles. The maximum Gasteiger partial charge on any atom is 0.303 e. The van der Waals surface area contributed by atoms with E-state index in [1.165, 1.54) is 0 Å². The van der Waals surface area contributed by atoms with Gasteiger partial charge in [-0.25, -0.2) is 9.97 Å². The lowest BCUT2D eigenvalue weighted by Crippen LogP contribution is -2.42. The molecule has 8 bridgehead atoms. The molecule has 0 fully saturated rings. The summed E-state index contributed by atoms with van der Waals surface area (Å²) < 4.78 is 0. The van der Waals surface area contributed by atoms with Crippen molar-refractivity contribution in [1.29, 1.82) is 0 Å². The number of carboxylic acids is 1. The van der Waals surface area contributed by atoms with Crippen molar-refractivity contribution in [3.05, 3.63) is 88.5 Å². The van der Waals surface area contributed by atoms with Gasteiger partial charge in [0.05, 0.1) is 22.8 Å². The van der Waals surface area contributed by atoms with Crippen LogP contribution in [0.4, 0.5) is 0 Å². The van der Waals surface area contributed by atoms with Crippen LogP contribution in [-0.2, 0) is 16.0 Å². The smallest absolute Gasteiger partial charge is 0.303 e. The molecule has 3 aromatic heterocycles. The molecule has 9 heteroatoms. The van der Waals surface area contributed by atoms with Gasteiger partial charge < -0.3 is 20.4 Å². The van der Waals surface area contributed by atoms with E-state index in [0.29, 0.717) is 43.6 Å². The molecule has 9 nitrogen and oxygen atoms in total. The zero-order valence-electron chi connectivity index (χ0n) is 31.4. The monoisotopic (exact) mass is 688 g/mol. The highest BCUT2D eigenvalue weighted by molar-refractivity contribution is 5.98. The summed E-state index contributed by atoms with van der Waals surface area (Å²) in [7, 11) is 0. The second-order valence-corrected chi connectivity index (χ2v) is 14.1. The Kier molecular flexibility index (Phi) is 11.3. The summed E-state index contributed by atoms with van der Waals surface area (Å²) in [6, 6.07) is 8.92. The summed E-state index contributed by atoms with van der Waals surface area (Å²) in [6.45, 7) is 26.4. The van der Waals surface area contributed by atoms with Crippen molar-refractivity contribution in [2.45, 2.75) is 93.2 Å². The minimum atomic E-state index is -0.861. The molecule has 0 unspecified atom stereocenters. The van der Waals surface area contributed by atoms with E-state index in [-0.39, 0.29) is 12.3 Å². The number of hydrogen-bond acceptors (Lipinski definition) is 5. The first-order chi connectivity index (χ1) is 24.2. The van der Waals surface area contributed by atoms with Crippen LogP contribution in [-0.4, -0.2) is 67.0 Å². The van der Waals surface area contributed by atoms with Crippen LogP contribution in [0.5, 0.6) is 0 Å². The molecule has 0 radical (unpaired) electrons. The number of amides is 1. The van der Waals surface area contributed by atoms with E-state index in [0.717, 1.165) is 90.2 Å². The van der Waals surface area contributed by atoms with Gasteiger partial charge in [-0.1, -0.05) is 25.3 Å². The van der Waals surface area contributed by atoms with Crippen molar-refractivity contribution in [3.8, 4) is 0 Å². The molecule has 0 atom stereocenters. The average molecular weight is 689 g/mol. The number of hydrogen-bond donors (Lipinski definition) is 4. The van der Waals surface area contributed by atoms with Crippen LogP contribution >= 0.6 is 0 Å². The van der Waals surface area contributed by atoms with Gasteiger partial charge in [-0.05, 0) is 126 Å². The molecule has 51 heavy (non-hydrogen) atoms. The number of carboxylic acid groups (broad SMARTS) is 1. The Morgan fingerprint density at radius 3 is 2.02 bits per heavy atom. The Hall–Kier alpha value is -5.02. The Morgan fingerprint density at radius 1 is 0.784 bits per heavy atom. The predicted octanol–water partition coefficient (Wildman–Crippen LogP) is 8.65. The van der Waals surface area contributed by atoms with E-state index in [2.05, 4.69) is 81.8 Å². The number of carbonyl (C=O) groups is 2. The summed E-state index contributed by atoms with van der Waals surface area (Å²) in [5.41, 5.74) is 14.5. The van der Waals surface area contributed by atoms with Gasteiger partial charge in [0.2, 0.25) is 5.91 Å². The molecule has 0 saturated carbocycles. The van der Waals surface area contributed by atoms with Crippen molar-refractivity contribution < 1.29 is 14.7 Å². The van der Waals surface area contributed by atoms with Gasteiger partial charge in [0.1, 0.15) is 0 Å². The molecule has 268 valence electrons. The van der Waals surface area contributed by atoms with Gasteiger partial charge in [0.25, 0.3) is 0 Å². The summed E-state index contributed by atoms with van der Waals surface area (Å²) in [4.78, 5) is 44.6. The van der Waals surface area contributed by atoms with Crippen LogP contribution in [0.1, 0.15) is 106 Å². The fourth-order valence-electron chi connectivity index (χ4n) is 7.30. The number of aliphatic carboxylic acids is 1. The minimum Gasteiger partial charge on any atom is -0.481 e. The Balaban J connectivity index is 1.69. The zero-order valence-corrected chi connectivity index (χ0v) is 31.4. The predicted molar refractivity (Wildman–Crippen MR) is 211 cm³/mol. The second-order valence-electron chi connectivity index (χ2n) is 14.1. The lowest BCUT2D eigenvalue weighted by molar-refractivity contribution is -0.136. The highest BCUT2D eigenvalue weighted by atomic mass is 16.4. The number of aryl methyl sites for hydroxylation is 3. The molecule has 2 aliphatic rings. The number of carbonyl (C=O) groups excluding carboxylic acids is 1. The summed E-state index contributed by atoms with van der Waals surface area (Å²) in [6.07, 6.45) is 4.87. The van der Waals surface area contributed by atoms with Crippen LogP contribution in [0.25, 0.3) is 50.4 Å². The summed E-state index contributed by atoms with van der Waals surface area (Å²) >= 11 is 0. The number of allylic oxidation sites excluding steroid dienone is 5. The van der Waals surface area contributed by atoms with Crippen LogP contribution in [0.15, 0.2) is 43.5 Å². The molecule has 1 amide bonds. The van der Waals surface area contributed by atoms with E-state index >= 15 is 0 Å². The largest absolute Gasteiger partial charge is 0.481 e. The molecule has 4 N–H and O–H groups in total. The average Bonchev–Trinajstić information content (AvgIpc) is 3.73. The highest BCUT2D eigenvalue weighted by Crippen LogP contribution is 2.36. The van der Waals surface area contributed by atoms with Gasteiger partial charge in [0.15, 0.2) is 0 Å². The Morgan fingerprint density at radius 2 is 1.37 bits per heavy atom. The van der Waals surface area contributed by atoms with Gasteiger partial charge in [-0.3, -0.25) is 14.5 Å². The zero-order chi connectivity index (χ0) is 37.1. The summed E-state index contributed by atoms with van der Waals surface area (Å²) in [5.74, 6) is -0.860. The number of H-pyrrole nitrogens is 2. The molecule has 0 aromatic carbocycles. The minimum absolute atomic E-state index is 0.00101. The van der Waals surface area contributed by atoms with Crippen LogP contribution in [0, 0.1) is 13.8 Å². The fourth-order valence-corrected chi connectivity index (χ4v) is 7.30. The van der Waals surface area contributed by atoms with Gasteiger partial charge in [-0.15, -0.1) is 0 Å². The lowest BCUT2D eigenvalue weighted by atomic mass is 10.00. The number of fused-ring (bicyclic) bond motifs is 8. The molecule has 5 heterocycles. The van der Waals surface area contributed by atoms with E-state index in [4.69, 9.17) is 9.97 Å². The van der Waals surface area contributed by atoms with Crippen molar-refractivity contribution in [1.82, 2.24) is 30.2 Å². The molecule has 3 aromatic rings. The van der Waals surface area contributed by atoms with Crippen molar-refractivity contribution in [2.75, 3.05) is 13.1 Å². The number of aromatic amines is 2. The number of aromatic nitrogens is 4. The first kappa shape index (κ1) is 37.2. The van der Waals surface area contributed by atoms with E-state index in [1.807, 2.05) is 43.3 Å². The molecule has 2 aliphatic heterocycles. The maximum absolute atomic E-state index is 13.2. The van der Waals surface area contributed by atoms with E-state index in [9.17, 15) is 14.7 Å². The number of nitrogens with one attached hydrogen (secondary N) is 3. The van der Waals surface area contributed by atoms with Crippen LogP contribution in [0.2, 0.25) is 0 Å². The number of nitrogens with zero attached hydrogens (tertiary/aromatic N) is 3. The third-order valence-corrected chi connectivity index (χ3v) is 10.3. The molecule has 5 rings (SSSR count). The van der Waals surface area contributed by atoms with Gasteiger partial charge in [0, 0.05) is 71.2 Å². The molecular weight excluding hydrogens is 637 g/mol. The van der Waals surface area contributed by atoms with Gasteiger partial charge >= 0.3 is 5.97 Å². The van der Waals surface area contributed by atoms with E-state index in [1.54, 1.807) is 0 Å². The Bertz CT molecular complexity index is 2120. The maximum atomic E-state index is 13.2. The van der Waals surface area contributed by atoms with E-state index < -0.39 is 5.97 Å². The van der Waals surface area contributed by atoms with Gasteiger partial charge in [-0.2, -0.15) is 0 Å². The second kappa shape index (κ2) is 15.5. The summed E-state index contributed by atoms with van der Waals surface area (Å²) in [5, 5.41) is 12.7. The molecular formula is C42H52N6O3. The fraction of sp³-hybridized carbons (Fsp3) is 0.381. The quantitative estimate of drug-likeness (QED) is 0.142. The van der Waals surface area contributed by atoms with Crippen molar-refractivity contribution in [2.24, 2.45) is 0 Å². The van der Waals surface area contributed by atoms with Crippen LogP contribution < -0.4 is 5.32 Å². The third-order valence-electron chi connectivity index (χ3n) is 10.3. The normalized spacial score (nSPS) is 13.2. The number of rotatable bonds is 13. The SMILES string of the molecule is C=CC1=C(C)c2cc3[nH]c(cc4nc(cc5[nH]c(cc1n2)c(C)c5CCC(=O)NCCN(C(C)C)C(C)C)C(CCC(=O)O)=C4C)c(C)c3C=C. The topological polar surface area (TPSA) is 127 Å². The highest BCUT2D eigenvalue weighted by Gasteiger charge is 2.21. The third kappa shape index (κ3) is 7.84. The van der Waals surface area contributed by atoms with Crippen LogP contribution in [0.3, 0.4) is 0 Å². The Labute approximate surface area is 301 Å². The molecule has 0 saturated heterocycles. The standard InChI is InChI=1S/C42H52N6O3/c1-11-29-25(7)33-19-34-28(10)32(14-16-42(50)51)40(46-34)22-39-31(13-15-41(49)43-17-18-48(23(3)4)24(5)6)27(9)36(47-39)21-38-30(12-2)26(8)35(45-38)20-37(29)44-33/h11-12,19-24,44,47H,1-2,13-18H2,3-10H3,(H,43,49)(H,50,51). The molecule has 0 spiro atoms. The lowest BCUT2D eigenvalue weighted by Gasteiger charge is -2.30. The van der Waals surface area contributed by atoms with Crippen molar-refractivity contribution >= 4 is 62.3 Å².